The van der Waals surface area contributed by atoms with Gasteiger partial charge in [0.2, 0.25) is 5.91 Å². The van der Waals surface area contributed by atoms with Crippen molar-refractivity contribution in [2.45, 2.75) is 12.8 Å². The summed E-state index contributed by atoms with van der Waals surface area (Å²) >= 11 is 0. The highest BCUT2D eigenvalue weighted by atomic mass is 16.4. The van der Waals surface area contributed by atoms with E-state index in [1.54, 1.807) is 19.2 Å². The summed E-state index contributed by atoms with van der Waals surface area (Å²) in [5, 5.41) is 11.6. The van der Waals surface area contributed by atoms with Gasteiger partial charge >= 0.3 is 5.97 Å². The predicted octanol–water partition coefficient (Wildman–Crippen LogP) is 0.883. The Hall–Kier alpha value is -2.04. The van der Waals surface area contributed by atoms with Crippen LogP contribution in [0.1, 0.15) is 22.3 Å². The van der Waals surface area contributed by atoms with Gasteiger partial charge in [-0.1, -0.05) is 6.07 Å². The van der Waals surface area contributed by atoms with Crippen molar-refractivity contribution in [1.29, 1.82) is 0 Å². The summed E-state index contributed by atoms with van der Waals surface area (Å²) in [6, 6.07) is 5.18. The maximum absolute atomic E-state index is 11.2. The Bertz CT molecular complexity index is 485. The zero-order valence-corrected chi connectivity index (χ0v) is 10.3. The molecule has 0 fully saturated rings. The number of carbonyl (C=O) groups excluding carboxylic acids is 1. The lowest BCUT2D eigenvalue weighted by molar-refractivity contribution is -0.120. The van der Waals surface area contributed by atoms with E-state index < -0.39 is 5.97 Å². The minimum Gasteiger partial charge on any atom is -0.478 e. The molecule has 1 aromatic rings. The lowest BCUT2D eigenvalue weighted by Gasteiger charge is -2.19. The fourth-order valence-corrected chi connectivity index (χ4v) is 2.17. The van der Waals surface area contributed by atoms with Gasteiger partial charge in [-0.25, -0.2) is 4.79 Å². The number of hydrogen-bond acceptors (Lipinski definition) is 3. The SMILES string of the molecule is CNC(=O)CCN1CCc2ccc(C(=O)O)cc21. The molecule has 0 radical (unpaired) electrons. The Morgan fingerprint density at radius 1 is 1.44 bits per heavy atom. The minimum absolute atomic E-state index is 0.00200. The Labute approximate surface area is 105 Å². The van der Waals surface area contributed by atoms with Crippen molar-refractivity contribution in [1.82, 2.24) is 5.32 Å². The standard InChI is InChI=1S/C13H16N2O3/c1-14-12(16)5-7-15-6-4-9-2-3-10(13(17)18)8-11(9)15/h2-3,8H,4-7H2,1H3,(H,14,16)(H,17,18). The van der Waals surface area contributed by atoms with Crippen LogP contribution in [0.5, 0.6) is 0 Å². The maximum Gasteiger partial charge on any atom is 0.335 e. The molecule has 0 unspecified atom stereocenters. The van der Waals surface area contributed by atoms with Gasteiger partial charge in [0.25, 0.3) is 0 Å². The Balaban J connectivity index is 2.13. The van der Waals surface area contributed by atoms with E-state index in [4.69, 9.17) is 5.11 Å². The number of hydrogen-bond donors (Lipinski definition) is 2. The first kappa shape index (κ1) is 12.4. The van der Waals surface area contributed by atoms with Gasteiger partial charge in [-0.3, -0.25) is 4.79 Å². The summed E-state index contributed by atoms with van der Waals surface area (Å²) in [4.78, 5) is 24.2. The number of rotatable bonds is 4. The number of benzene rings is 1. The van der Waals surface area contributed by atoms with Crippen molar-refractivity contribution in [3.05, 3.63) is 29.3 Å². The molecule has 1 aliphatic heterocycles. The normalized spacial score (nSPS) is 13.3. The molecule has 5 nitrogen and oxygen atoms in total. The van der Waals surface area contributed by atoms with Gasteiger partial charge in [-0.15, -0.1) is 0 Å². The highest BCUT2D eigenvalue weighted by Gasteiger charge is 2.20. The van der Waals surface area contributed by atoms with Gasteiger partial charge < -0.3 is 15.3 Å². The number of nitrogens with one attached hydrogen (secondary N) is 1. The molecule has 1 aliphatic rings. The summed E-state index contributed by atoms with van der Waals surface area (Å²) in [6.45, 7) is 1.46. The second-order valence-corrected chi connectivity index (χ2v) is 4.31. The third kappa shape index (κ3) is 2.45. The van der Waals surface area contributed by atoms with E-state index in [-0.39, 0.29) is 5.91 Å². The predicted molar refractivity (Wildman–Crippen MR) is 68.0 cm³/mol. The molecule has 0 bridgehead atoms. The number of carboxylic acids is 1. The maximum atomic E-state index is 11.2. The third-order valence-corrected chi connectivity index (χ3v) is 3.21. The Morgan fingerprint density at radius 3 is 2.89 bits per heavy atom. The second kappa shape index (κ2) is 5.08. The van der Waals surface area contributed by atoms with E-state index in [0.29, 0.717) is 18.5 Å². The van der Waals surface area contributed by atoms with E-state index >= 15 is 0 Å². The molecule has 0 atom stereocenters. The molecule has 2 N–H and O–H groups in total. The van der Waals surface area contributed by atoms with Crippen LogP contribution in [0.4, 0.5) is 5.69 Å². The molecule has 0 aromatic heterocycles. The molecule has 0 aliphatic carbocycles. The van der Waals surface area contributed by atoms with Crippen LogP contribution in [0.25, 0.3) is 0 Å². The fourth-order valence-electron chi connectivity index (χ4n) is 2.17. The zero-order chi connectivity index (χ0) is 13.1. The van der Waals surface area contributed by atoms with Crippen LogP contribution in [-0.2, 0) is 11.2 Å². The van der Waals surface area contributed by atoms with Crippen molar-refractivity contribution in [2.75, 3.05) is 25.0 Å². The summed E-state index contributed by atoms with van der Waals surface area (Å²) in [7, 11) is 1.61. The molecule has 1 heterocycles. The van der Waals surface area contributed by atoms with Crippen LogP contribution < -0.4 is 10.2 Å². The van der Waals surface area contributed by atoms with Gasteiger partial charge in [0.1, 0.15) is 0 Å². The van der Waals surface area contributed by atoms with Gasteiger partial charge in [0.15, 0.2) is 0 Å². The molecule has 18 heavy (non-hydrogen) atoms. The molecule has 0 saturated carbocycles. The van der Waals surface area contributed by atoms with Gasteiger partial charge in [0.05, 0.1) is 5.56 Å². The van der Waals surface area contributed by atoms with Crippen molar-refractivity contribution in [2.24, 2.45) is 0 Å². The smallest absolute Gasteiger partial charge is 0.335 e. The number of carboxylic acid groups (broad SMARTS) is 1. The second-order valence-electron chi connectivity index (χ2n) is 4.31. The molecule has 5 heteroatoms. The van der Waals surface area contributed by atoms with E-state index in [0.717, 1.165) is 24.2 Å². The first-order valence-electron chi connectivity index (χ1n) is 5.93. The molecule has 96 valence electrons. The number of nitrogens with zero attached hydrogens (tertiary/aromatic N) is 1. The number of amides is 1. The van der Waals surface area contributed by atoms with Crippen LogP contribution in [0.15, 0.2) is 18.2 Å². The topological polar surface area (TPSA) is 69.6 Å². The van der Waals surface area contributed by atoms with Crippen LogP contribution in [0.2, 0.25) is 0 Å². The molecule has 2 rings (SSSR count). The van der Waals surface area contributed by atoms with Crippen LogP contribution in [-0.4, -0.2) is 37.1 Å². The molecule has 1 amide bonds. The summed E-state index contributed by atoms with van der Waals surface area (Å²) in [5.74, 6) is -0.922. The monoisotopic (exact) mass is 248 g/mol. The van der Waals surface area contributed by atoms with E-state index in [2.05, 4.69) is 10.2 Å². The molecular weight excluding hydrogens is 232 g/mol. The fraction of sp³-hybridized carbons (Fsp3) is 0.385. The average Bonchev–Trinajstić information content (AvgIpc) is 2.78. The third-order valence-electron chi connectivity index (χ3n) is 3.21. The van der Waals surface area contributed by atoms with Crippen molar-refractivity contribution in [3.63, 3.8) is 0 Å². The molecule has 1 aromatic carbocycles. The quantitative estimate of drug-likeness (QED) is 0.830. The highest BCUT2D eigenvalue weighted by molar-refractivity contribution is 5.89. The van der Waals surface area contributed by atoms with E-state index in [1.165, 1.54) is 0 Å². The first-order chi connectivity index (χ1) is 8.61. The lowest BCUT2D eigenvalue weighted by Crippen LogP contribution is -2.28. The largest absolute Gasteiger partial charge is 0.478 e. The van der Waals surface area contributed by atoms with Gasteiger partial charge in [-0.05, 0) is 24.1 Å². The first-order valence-corrected chi connectivity index (χ1v) is 5.93. The summed E-state index contributed by atoms with van der Waals surface area (Å²) in [5.41, 5.74) is 2.39. The number of carbonyl (C=O) groups is 2. The minimum atomic E-state index is -0.920. The zero-order valence-electron chi connectivity index (χ0n) is 10.3. The average molecular weight is 248 g/mol. The van der Waals surface area contributed by atoms with Crippen molar-refractivity contribution in [3.8, 4) is 0 Å². The highest BCUT2D eigenvalue weighted by Crippen LogP contribution is 2.29. The van der Waals surface area contributed by atoms with Crippen LogP contribution >= 0.6 is 0 Å². The molecule has 0 spiro atoms. The molecule has 0 saturated heterocycles. The van der Waals surface area contributed by atoms with Crippen LogP contribution in [0.3, 0.4) is 0 Å². The van der Waals surface area contributed by atoms with Crippen molar-refractivity contribution < 1.29 is 14.7 Å². The molecular formula is C13H16N2O3. The van der Waals surface area contributed by atoms with E-state index in [9.17, 15) is 9.59 Å². The van der Waals surface area contributed by atoms with Gasteiger partial charge in [-0.2, -0.15) is 0 Å². The van der Waals surface area contributed by atoms with E-state index in [1.807, 2.05) is 6.07 Å². The Kier molecular flexibility index (Phi) is 3.50. The van der Waals surface area contributed by atoms with Gasteiger partial charge in [0, 0.05) is 32.2 Å². The lowest BCUT2D eigenvalue weighted by atomic mass is 10.1. The van der Waals surface area contributed by atoms with Crippen molar-refractivity contribution >= 4 is 17.6 Å². The number of anilines is 1. The summed E-state index contributed by atoms with van der Waals surface area (Å²) in [6.07, 6.45) is 1.33. The summed E-state index contributed by atoms with van der Waals surface area (Å²) < 4.78 is 0. The number of fused-ring (bicyclic) bond motifs is 1. The van der Waals surface area contributed by atoms with Crippen LogP contribution in [0, 0.1) is 0 Å². The Morgan fingerprint density at radius 2 is 2.22 bits per heavy atom. The number of aromatic carboxylic acids is 1.